The lowest BCUT2D eigenvalue weighted by molar-refractivity contribution is -0.137. The maximum absolute atomic E-state index is 12.4. The minimum atomic E-state index is -4.45. The van der Waals surface area contributed by atoms with E-state index in [1.54, 1.807) is 6.92 Å². The van der Waals surface area contributed by atoms with Crippen molar-refractivity contribution in [3.05, 3.63) is 35.4 Å². The number of carbonyl (C=O) groups excluding carboxylic acids is 1. The molecule has 0 aliphatic rings. The van der Waals surface area contributed by atoms with Crippen LogP contribution in [0.5, 0.6) is 0 Å². The largest absolute Gasteiger partial charge is 0.416 e. The average molecular weight is 283 g/mol. The first kappa shape index (κ1) is 16.7. The molecule has 0 spiro atoms. The van der Waals surface area contributed by atoms with E-state index in [4.69, 9.17) is 5.73 Å². The fourth-order valence-corrected chi connectivity index (χ4v) is 1.20. The Labute approximate surface area is 109 Å². The van der Waals surface area contributed by atoms with Crippen molar-refractivity contribution in [2.45, 2.75) is 19.1 Å². The van der Waals surface area contributed by atoms with Gasteiger partial charge in [0, 0.05) is 18.2 Å². The first-order valence-corrected chi connectivity index (χ1v) is 5.02. The second-order valence-corrected chi connectivity index (χ2v) is 3.69. The van der Waals surface area contributed by atoms with Gasteiger partial charge in [-0.1, -0.05) is 6.07 Å². The van der Waals surface area contributed by atoms with Crippen molar-refractivity contribution < 1.29 is 18.0 Å². The summed E-state index contributed by atoms with van der Waals surface area (Å²) < 4.78 is 37.2. The average Bonchev–Trinajstić information content (AvgIpc) is 2.28. The summed E-state index contributed by atoms with van der Waals surface area (Å²) in [6.45, 7) is 1.90. The van der Waals surface area contributed by atoms with Gasteiger partial charge < -0.3 is 11.1 Å². The molecule has 0 aliphatic carbocycles. The van der Waals surface area contributed by atoms with Crippen molar-refractivity contribution in [3.63, 3.8) is 0 Å². The van der Waals surface area contributed by atoms with Crippen molar-refractivity contribution >= 4 is 18.3 Å². The molecule has 0 unspecified atom stereocenters. The van der Waals surface area contributed by atoms with Crippen LogP contribution in [-0.2, 0) is 6.18 Å². The Morgan fingerprint density at radius 1 is 1.44 bits per heavy atom. The Hall–Kier alpha value is -1.27. The molecule has 1 rings (SSSR count). The van der Waals surface area contributed by atoms with Gasteiger partial charge in [0.05, 0.1) is 5.56 Å². The summed E-state index contributed by atoms with van der Waals surface area (Å²) in [6, 6.07) is 3.98. The van der Waals surface area contributed by atoms with E-state index in [-0.39, 0.29) is 30.6 Å². The number of halogens is 4. The summed E-state index contributed by atoms with van der Waals surface area (Å²) in [5.41, 5.74) is 4.43. The molecule has 1 atom stereocenters. The number of carbonyl (C=O) groups is 1. The summed E-state index contributed by atoms with van der Waals surface area (Å²) in [7, 11) is 0. The molecule has 1 amide bonds. The third-order valence-electron chi connectivity index (χ3n) is 2.18. The SMILES string of the molecule is C[C@@H](CN)NC(=O)c1cccc(C(F)(F)F)c1.Cl. The van der Waals surface area contributed by atoms with Gasteiger partial charge >= 0.3 is 6.18 Å². The minimum absolute atomic E-state index is 0. The predicted molar refractivity (Wildman–Crippen MR) is 64.7 cm³/mol. The van der Waals surface area contributed by atoms with Crippen LogP contribution in [0, 0.1) is 0 Å². The molecule has 3 nitrogen and oxygen atoms in total. The molecule has 102 valence electrons. The van der Waals surface area contributed by atoms with Gasteiger partial charge in [0.25, 0.3) is 5.91 Å². The first-order chi connectivity index (χ1) is 7.84. The van der Waals surface area contributed by atoms with Crippen LogP contribution < -0.4 is 11.1 Å². The van der Waals surface area contributed by atoms with Gasteiger partial charge in [-0.2, -0.15) is 13.2 Å². The first-order valence-electron chi connectivity index (χ1n) is 5.02. The summed E-state index contributed by atoms with van der Waals surface area (Å²) in [5, 5.41) is 2.49. The van der Waals surface area contributed by atoms with Crippen LogP contribution in [0.1, 0.15) is 22.8 Å². The number of rotatable bonds is 3. The third kappa shape index (κ3) is 4.54. The smallest absolute Gasteiger partial charge is 0.348 e. The van der Waals surface area contributed by atoms with Gasteiger partial charge in [-0.3, -0.25) is 4.79 Å². The molecule has 18 heavy (non-hydrogen) atoms. The number of benzene rings is 1. The van der Waals surface area contributed by atoms with Crippen molar-refractivity contribution in [3.8, 4) is 0 Å². The van der Waals surface area contributed by atoms with E-state index < -0.39 is 17.6 Å². The second-order valence-electron chi connectivity index (χ2n) is 3.69. The quantitative estimate of drug-likeness (QED) is 0.893. The number of alkyl halides is 3. The molecule has 0 saturated heterocycles. The Morgan fingerprint density at radius 3 is 2.56 bits per heavy atom. The number of nitrogens with one attached hydrogen (secondary N) is 1. The van der Waals surface area contributed by atoms with Gasteiger partial charge in [0.1, 0.15) is 0 Å². The molecule has 0 saturated carbocycles. The topological polar surface area (TPSA) is 55.1 Å². The van der Waals surface area contributed by atoms with Crippen LogP contribution in [0.15, 0.2) is 24.3 Å². The molecule has 3 N–H and O–H groups in total. The fraction of sp³-hybridized carbons (Fsp3) is 0.364. The van der Waals surface area contributed by atoms with Crippen LogP contribution in [0.2, 0.25) is 0 Å². The van der Waals surface area contributed by atoms with E-state index in [1.807, 2.05) is 0 Å². The lowest BCUT2D eigenvalue weighted by atomic mass is 10.1. The molecular formula is C11H14ClF3N2O. The molecule has 0 aromatic heterocycles. The lowest BCUT2D eigenvalue weighted by Gasteiger charge is -2.12. The maximum atomic E-state index is 12.4. The van der Waals surface area contributed by atoms with Crippen molar-refractivity contribution in [2.24, 2.45) is 5.73 Å². The Kier molecular flexibility index (Phi) is 6.14. The second kappa shape index (κ2) is 6.61. The highest BCUT2D eigenvalue weighted by Gasteiger charge is 2.30. The molecule has 0 heterocycles. The number of hydrogen-bond acceptors (Lipinski definition) is 2. The number of hydrogen-bond donors (Lipinski definition) is 2. The summed E-state index contributed by atoms with van der Waals surface area (Å²) in [4.78, 5) is 11.6. The highest BCUT2D eigenvalue weighted by Crippen LogP contribution is 2.29. The fourth-order valence-electron chi connectivity index (χ4n) is 1.20. The zero-order chi connectivity index (χ0) is 13.1. The van der Waals surface area contributed by atoms with Crippen LogP contribution >= 0.6 is 12.4 Å². The van der Waals surface area contributed by atoms with Crippen molar-refractivity contribution in [2.75, 3.05) is 6.54 Å². The van der Waals surface area contributed by atoms with Gasteiger partial charge in [-0.15, -0.1) is 12.4 Å². The van der Waals surface area contributed by atoms with E-state index in [2.05, 4.69) is 5.32 Å². The van der Waals surface area contributed by atoms with Crippen LogP contribution in [0.4, 0.5) is 13.2 Å². The molecule has 0 fully saturated rings. The maximum Gasteiger partial charge on any atom is 0.416 e. The minimum Gasteiger partial charge on any atom is -0.348 e. The van der Waals surface area contributed by atoms with Gasteiger partial charge in [0.2, 0.25) is 0 Å². The highest BCUT2D eigenvalue weighted by atomic mass is 35.5. The predicted octanol–water partition coefficient (Wildman–Crippen LogP) is 2.20. The summed E-state index contributed by atoms with van der Waals surface area (Å²) in [6.07, 6.45) is -4.45. The van der Waals surface area contributed by atoms with Gasteiger partial charge in [-0.05, 0) is 25.1 Å². The molecular weight excluding hydrogens is 269 g/mol. The normalized spacial score (nSPS) is 12.5. The summed E-state index contributed by atoms with van der Waals surface area (Å²) in [5.74, 6) is -0.561. The van der Waals surface area contributed by atoms with E-state index in [9.17, 15) is 18.0 Å². The lowest BCUT2D eigenvalue weighted by Crippen LogP contribution is -2.37. The van der Waals surface area contributed by atoms with Crippen LogP contribution in [0.25, 0.3) is 0 Å². The number of amides is 1. The summed E-state index contributed by atoms with van der Waals surface area (Å²) >= 11 is 0. The van der Waals surface area contributed by atoms with Crippen molar-refractivity contribution in [1.82, 2.24) is 5.32 Å². The monoisotopic (exact) mass is 282 g/mol. The van der Waals surface area contributed by atoms with Gasteiger partial charge in [-0.25, -0.2) is 0 Å². The van der Waals surface area contributed by atoms with E-state index in [0.717, 1.165) is 12.1 Å². The number of nitrogens with two attached hydrogens (primary N) is 1. The van der Waals surface area contributed by atoms with E-state index >= 15 is 0 Å². The molecule has 1 aromatic rings. The molecule has 0 aliphatic heterocycles. The Balaban J connectivity index is 0.00000289. The molecule has 7 heteroatoms. The van der Waals surface area contributed by atoms with Gasteiger partial charge in [0.15, 0.2) is 0 Å². The van der Waals surface area contributed by atoms with Crippen LogP contribution in [-0.4, -0.2) is 18.5 Å². The zero-order valence-corrected chi connectivity index (χ0v) is 10.4. The zero-order valence-electron chi connectivity index (χ0n) is 9.62. The molecule has 1 aromatic carbocycles. The molecule has 0 bridgehead atoms. The third-order valence-corrected chi connectivity index (χ3v) is 2.18. The van der Waals surface area contributed by atoms with E-state index in [1.165, 1.54) is 12.1 Å². The Bertz CT molecular complexity index is 410. The van der Waals surface area contributed by atoms with E-state index in [0.29, 0.717) is 0 Å². The Morgan fingerprint density at radius 2 is 2.06 bits per heavy atom. The molecule has 0 radical (unpaired) electrons. The highest BCUT2D eigenvalue weighted by molar-refractivity contribution is 5.94. The standard InChI is InChI=1S/C11H13F3N2O.ClH/c1-7(6-15)16-10(17)8-3-2-4-9(5-8)11(12,13)14;/h2-5,7H,6,15H2,1H3,(H,16,17);1H/t7-;/m0./s1. The van der Waals surface area contributed by atoms with Crippen LogP contribution in [0.3, 0.4) is 0 Å². The van der Waals surface area contributed by atoms with Crippen molar-refractivity contribution in [1.29, 1.82) is 0 Å².